The van der Waals surface area contributed by atoms with Gasteiger partial charge in [-0.1, -0.05) is 17.7 Å². The molecule has 0 unspecified atom stereocenters. The van der Waals surface area contributed by atoms with Gasteiger partial charge in [0.05, 0.1) is 5.60 Å². The lowest BCUT2D eigenvalue weighted by molar-refractivity contribution is -0.0681. The number of pyridine rings is 1. The molecular formula is C10H12ClNO2. The molecule has 76 valence electrons. The molecule has 0 amide bonds. The molecule has 0 atom stereocenters. The van der Waals surface area contributed by atoms with Crippen molar-refractivity contribution in [2.75, 3.05) is 13.2 Å². The lowest BCUT2D eigenvalue weighted by atomic mass is 9.88. The molecule has 0 spiro atoms. The molecular weight excluding hydrogens is 202 g/mol. The third kappa shape index (κ3) is 1.90. The summed E-state index contributed by atoms with van der Waals surface area (Å²) in [6.45, 7) is 1.19. The van der Waals surface area contributed by atoms with E-state index in [-0.39, 0.29) is 0 Å². The first-order chi connectivity index (χ1) is 6.71. The normalized spacial score (nSPS) is 20.7. The molecule has 14 heavy (non-hydrogen) atoms. The Hall–Kier alpha value is -0.640. The molecule has 0 aliphatic carbocycles. The highest BCUT2D eigenvalue weighted by atomic mass is 35.5. The van der Waals surface area contributed by atoms with Crippen molar-refractivity contribution in [3.05, 3.63) is 29.0 Å². The molecule has 1 aromatic rings. The summed E-state index contributed by atoms with van der Waals surface area (Å²) in [5.74, 6) is 0. The number of rotatable bonds is 1. The molecule has 3 nitrogen and oxygen atoms in total. The largest absolute Gasteiger partial charge is 0.385 e. The SMILES string of the molecule is OC1(c2ccc(Cl)nc2)CCOCC1. The highest BCUT2D eigenvalue weighted by molar-refractivity contribution is 6.29. The molecule has 1 saturated heterocycles. The van der Waals surface area contributed by atoms with Crippen molar-refractivity contribution in [1.29, 1.82) is 0 Å². The summed E-state index contributed by atoms with van der Waals surface area (Å²) in [5, 5.41) is 10.7. The van der Waals surface area contributed by atoms with Gasteiger partial charge in [-0.2, -0.15) is 0 Å². The first kappa shape index (κ1) is 9.90. The maximum Gasteiger partial charge on any atom is 0.129 e. The highest BCUT2D eigenvalue weighted by Gasteiger charge is 2.31. The smallest absolute Gasteiger partial charge is 0.129 e. The Bertz CT molecular complexity index is 306. The van der Waals surface area contributed by atoms with Gasteiger partial charge >= 0.3 is 0 Å². The van der Waals surface area contributed by atoms with Crippen LogP contribution in [0.3, 0.4) is 0 Å². The van der Waals surface area contributed by atoms with Gasteiger partial charge in [-0.3, -0.25) is 0 Å². The zero-order chi connectivity index (χ0) is 10.0. The van der Waals surface area contributed by atoms with E-state index < -0.39 is 5.60 Å². The number of halogens is 1. The van der Waals surface area contributed by atoms with Gasteiger partial charge in [-0.05, 0) is 6.07 Å². The van der Waals surface area contributed by atoms with Gasteiger partial charge < -0.3 is 9.84 Å². The van der Waals surface area contributed by atoms with E-state index in [0.29, 0.717) is 31.2 Å². The molecule has 1 aliphatic heterocycles. The molecule has 2 heterocycles. The Labute approximate surface area is 87.7 Å². The zero-order valence-corrected chi connectivity index (χ0v) is 8.50. The molecule has 0 bridgehead atoms. The van der Waals surface area contributed by atoms with Crippen molar-refractivity contribution in [3.8, 4) is 0 Å². The Morgan fingerprint density at radius 2 is 2.07 bits per heavy atom. The lowest BCUT2D eigenvalue weighted by Crippen LogP contribution is -2.33. The second-order valence-electron chi connectivity index (χ2n) is 3.51. The molecule has 2 rings (SSSR count). The minimum Gasteiger partial charge on any atom is -0.385 e. The van der Waals surface area contributed by atoms with Crippen LogP contribution in [-0.4, -0.2) is 23.3 Å². The summed E-state index contributed by atoms with van der Waals surface area (Å²) in [6, 6.07) is 3.52. The number of ether oxygens (including phenoxy) is 1. The monoisotopic (exact) mass is 213 g/mol. The van der Waals surface area contributed by atoms with Crippen LogP contribution in [0.15, 0.2) is 18.3 Å². The number of aliphatic hydroxyl groups is 1. The molecule has 1 N–H and O–H groups in total. The Morgan fingerprint density at radius 3 is 2.64 bits per heavy atom. The number of aromatic nitrogens is 1. The van der Waals surface area contributed by atoms with E-state index in [9.17, 15) is 5.11 Å². The van der Waals surface area contributed by atoms with Crippen LogP contribution in [0.1, 0.15) is 18.4 Å². The predicted molar refractivity (Wildman–Crippen MR) is 53.2 cm³/mol. The minimum atomic E-state index is -0.782. The molecule has 0 aromatic carbocycles. The fraction of sp³-hybridized carbons (Fsp3) is 0.500. The van der Waals surface area contributed by atoms with E-state index in [1.165, 1.54) is 0 Å². The second kappa shape index (κ2) is 3.85. The summed E-state index contributed by atoms with van der Waals surface area (Å²) >= 11 is 5.68. The van der Waals surface area contributed by atoms with Crippen LogP contribution in [0.2, 0.25) is 5.15 Å². The van der Waals surface area contributed by atoms with E-state index in [1.807, 2.05) is 6.07 Å². The summed E-state index contributed by atoms with van der Waals surface area (Å²) in [6.07, 6.45) is 2.88. The summed E-state index contributed by atoms with van der Waals surface area (Å²) < 4.78 is 5.20. The van der Waals surface area contributed by atoms with Gasteiger partial charge in [-0.25, -0.2) is 4.98 Å². The van der Waals surface area contributed by atoms with Gasteiger partial charge in [0.2, 0.25) is 0 Å². The number of hydrogen-bond acceptors (Lipinski definition) is 3. The predicted octanol–water partition coefficient (Wildman–Crippen LogP) is 1.73. The summed E-state index contributed by atoms with van der Waals surface area (Å²) in [5.41, 5.74) is 0.0424. The van der Waals surface area contributed by atoms with Crippen molar-refractivity contribution in [2.24, 2.45) is 0 Å². The van der Waals surface area contributed by atoms with Crippen LogP contribution in [0, 0.1) is 0 Å². The van der Waals surface area contributed by atoms with Crippen molar-refractivity contribution in [3.63, 3.8) is 0 Å². The van der Waals surface area contributed by atoms with E-state index in [1.54, 1.807) is 12.3 Å². The molecule has 4 heteroatoms. The van der Waals surface area contributed by atoms with Gasteiger partial charge in [-0.15, -0.1) is 0 Å². The molecule has 1 fully saturated rings. The Balaban J connectivity index is 2.23. The van der Waals surface area contributed by atoms with Crippen LogP contribution >= 0.6 is 11.6 Å². The average molecular weight is 214 g/mol. The van der Waals surface area contributed by atoms with Crippen LogP contribution in [0.25, 0.3) is 0 Å². The fourth-order valence-electron chi connectivity index (χ4n) is 1.65. The van der Waals surface area contributed by atoms with Gasteiger partial charge in [0.25, 0.3) is 0 Å². The first-order valence-electron chi connectivity index (χ1n) is 4.63. The van der Waals surface area contributed by atoms with E-state index in [0.717, 1.165) is 5.56 Å². The van der Waals surface area contributed by atoms with Gasteiger partial charge in [0, 0.05) is 37.8 Å². The standard InChI is InChI=1S/C10H12ClNO2/c11-9-2-1-8(7-12-9)10(13)3-5-14-6-4-10/h1-2,7,13H,3-6H2. The van der Waals surface area contributed by atoms with Crippen LogP contribution < -0.4 is 0 Å². The highest BCUT2D eigenvalue weighted by Crippen LogP contribution is 2.31. The third-order valence-corrected chi connectivity index (χ3v) is 2.81. The summed E-state index contributed by atoms with van der Waals surface area (Å²) in [4.78, 5) is 3.96. The van der Waals surface area contributed by atoms with Crippen LogP contribution in [0.4, 0.5) is 0 Å². The lowest BCUT2D eigenvalue weighted by Gasteiger charge is -2.32. The van der Waals surface area contributed by atoms with E-state index in [2.05, 4.69) is 4.98 Å². The van der Waals surface area contributed by atoms with E-state index >= 15 is 0 Å². The maximum atomic E-state index is 10.3. The summed E-state index contributed by atoms with van der Waals surface area (Å²) in [7, 11) is 0. The van der Waals surface area contributed by atoms with Crippen LogP contribution in [0.5, 0.6) is 0 Å². The van der Waals surface area contributed by atoms with E-state index in [4.69, 9.17) is 16.3 Å². The van der Waals surface area contributed by atoms with Crippen molar-refractivity contribution in [1.82, 2.24) is 4.98 Å². The van der Waals surface area contributed by atoms with Gasteiger partial charge in [0.1, 0.15) is 5.15 Å². The number of hydrogen-bond donors (Lipinski definition) is 1. The molecule has 1 aromatic heterocycles. The van der Waals surface area contributed by atoms with Gasteiger partial charge in [0.15, 0.2) is 0 Å². The molecule has 0 radical (unpaired) electrons. The first-order valence-corrected chi connectivity index (χ1v) is 5.01. The quantitative estimate of drug-likeness (QED) is 0.723. The average Bonchev–Trinajstić information content (AvgIpc) is 2.19. The van der Waals surface area contributed by atoms with Crippen molar-refractivity contribution < 1.29 is 9.84 Å². The Morgan fingerprint density at radius 1 is 1.36 bits per heavy atom. The third-order valence-electron chi connectivity index (χ3n) is 2.58. The van der Waals surface area contributed by atoms with Crippen molar-refractivity contribution >= 4 is 11.6 Å². The second-order valence-corrected chi connectivity index (χ2v) is 3.90. The molecule has 0 saturated carbocycles. The zero-order valence-electron chi connectivity index (χ0n) is 7.74. The van der Waals surface area contributed by atoms with Crippen molar-refractivity contribution in [2.45, 2.75) is 18.4 Å². The van der Waals surface area contributed by atoms with Crippen LogP contribution in [-0.2, 0) is 10.3 Å². The Kier molecular flexibility index (Phi) is 2.72. The fourth-order valence-corrected chi connectivity index (χ4v) is 1.76. The minimum absolute atomic E-state index is 0.449. The topological polar surface area (TPSA) is 42.4 Å². The maximum absolute atomic E-state index is 10.3. The molecule has 1 aliphatic rings. The number of nitrogens with zero attached hydrogens (tertiary/aromatic N) is 1.